The Morgan fingerprint density at radius 2 is 1.42 bits per heavy atom. The summed E-state index contributed by atoms with van der Waals surface area (Å²) in [6.07, 6.45) is 1.45. The number of nitrogens with one attached hydrogen (secondary N) is 2. The summed E-state index contributed by atoms with van der Waals surface area (Å²) in [6.45, 7) is 0.665. The Labute approximate surface area is 191 Å². The van der Waals surface area contributed by atoms with Gasteiger partial charge >= 0.3 is 5.97 Å². The molecule has 0 fully saturated rings. The largest absolute Gasteiger partial charge is 0.451 e. The van der Waals surface area contributed by atoms with Crippen molar-refractivity contribution in [3.05, 3.63) is 107 Å². The Kier molecular flexibility index (Phi) is 7.86. The van der Waals surface area contributed by atoms with Crippen LogP contribution in [0.1, 0.15) is 28.4 Å². The lowest BCUT2D eigenvalue weighted by atomic mass is 10.0. The molecule has 0 atom stereocenters. The molecule has 7 nitrogen and oxygen atoms in total. The van der Waals surface area contributed by atoms with Crippen molar-refractivity contribution in [2.75, 3.05) is 11.9 Å². The molecule has 3 aromatic carbocycles. The summed E-state index contributed by atoms with van der Waals surface area (Å²) in [4.78, 5) is 49.2. The summed E-state index contributed by atoms with van der Waals surface area (Å²) < 4.78 is 5.08. The average Bonchev–Trinajstić information content (AvgIpc) is 2.83. The van der Waals surface area contributed by atoms with Gasteiger partial charge in [0.05, 0.1) is 5.69 Å². The highest BCUT2D eigenvalue weighted by atomic mass is 16.5. The normalized spacial score (nSPS) is 10.8. The molecule has 0 heterocycles. The molecule has 0 spiro atoms. The van der Waals surface area contributed by atoms with E-state index in [1.54, 1.807) is 78.9 Å². The Morgan fingerprint density at radius 3 is 2.09 bits per heavy atom. The highest BCUT2D eigenvalue weighted by Crippen LogP contribution is 2.19. The molecule has 33 heavy (non-hydrogen) atoms. The second-order valence-corrected chi connectivity index (χ2v) is 7.01. The molecule has 2 amide bonds. The molecule has 0 saturated heterocycles. The number of ether oxygens (including phenoxy) is 1. The fraction of sp³-hybridized carbons (Fsp3) is 0.0769. The maximum absolute atomic E-state index is 12.8. The van der Waals surface area contributed by atoms with E-state index in [0.29, 0.717) is 22.4 Å². The number of carbonyl (C=O) groups is 4. The highest BCUT2D eigenvalue weighted by molar-refractivity contribution is 6.14. The molecule has 0 aliphatic heterocycles. The van der Waals surface area contributed by atoms with Crippen LogP contribution < -0.4 is 10.6 Å². The van der Waals surface area contributed by atoms with Gasteiger partial charge in [-0.3, -0.25) is 14.4 Å². The van der Waals surface area contributed by atoms with Crippen molar-refractivity contribution in [3.8, 4) is 0 Å². The second-order valence-electron chi connectivity index (χ2n) is 7.01. The number of benzene rings is 3. The molecule has 2 N–H and O–H groups in total. The quantitative estimate of drug-likeness (QED) is 0.315. The van der Waals surface area contributed by atoms with Crippen molar-refractivity contribution in [3.63, 3.8) is 0 Å². The Balaban J connectivity index is 1.67. The van der Waals surface area contributed by atoms with Gasteiger partial charge in [0.1, 0.15) is 5.70 Å². The van der Waals surface area contributed by atoms with Crippen molar-refractivity contribution < 1.29 is 23.9 Å². The summed E-state index contributed by atoms with van der Waals surface area (Å²) in [5, 5.41) is 5.02. The number of ketones is 1. The fourth-order valence-corrected chi connectivity index (χ4v) is 2.98. The summed E-state index contributed by atoms with van der Waals surface area (Å²) in [6, 6.07) is 24.1. The number of anilines is 1. The van der Waals surface area contributed by atoms with E-state index in [-0.39, 0.29) is 11.5 Å². The molecule has 0 bridgehead atoms. The molecule has 3 rings (SSSR count). The van der Waals surface area contributed by atoms with Gasteiger partial charge in [0, 0.05) is 18.1 Å². The number of hydrogen-bond donors (Lipinski definition) is 2. The Hall–Kier alpha value is -4.52. The molecular formula is C26H22N2O5. The standard InChI is InChI=1S/C26H22N2O5/c1-18(29)27-23(16-19-10-4-2-5-11-19)26(32)33-17-24(30)28-22-15-9-8-14-21(22)25(31)20-12-6-3-7-13-20/h2-16H,17H2,1H3,(H,27,29)(H,28,30)/b23-16-. The average molecular weight is 442 g/mol. The van der Waals surface area contributed by atoms with Crippen LogP contribution in [-0.2, 0) is 19.1 Å². The zero-order chi connectivity index (χ0) is 23.6. The molecular weight excluding hydrogens is 420 g/mol. The van der Waals surface area contributed by atoms with Crippen LogP contribution in [-0.4, -0.2) is 30.2 Å². The molecule has 0 unspecified atom stereocenters. The van der Waals surface area contributed by atoms with Gasteiger partial charge in [-0.1, -0.05) is 72.8 Å². The second kappa shape index (κ2) is 11.2. The van der Waals surface area contributed by atoms with Gasteiger partial charge in [-0.05, 0) is 23.8 Å². The van der Waals surface area contributed by atoms with E-state index in [1.807, 2.05) is 6.07 Å². The van der Waals surface area contributed by atoms with Crippen LogP contribution in [0.4, 0.5) is 5.69 Å². The number of hydrogen-bond acceptors (Lipinski definition) is 5. The van der Waals surface area contributed by atoms with Crippen LogP contribution in [0.2, 0.25) is 0 Å². The van der Waals surface area contributed by atoms with E-state index in [2.05, 4.69) is 10.6 Å². The van der Waals surface area contributed by atoms with E-state index in [4.69, 9.17) is 4.74 Å². The highest BCUT2D eigenvalue weighted by Gasteiger charge is 2.17. The van der Waals surface area contributed by atoms with Gasteiger partial charge in [0.25, 0.3) is 5.91 Å². The minimum atomic E-state index is -0.863. The predicted octanol–water partition coefficient (Wildman–Crippen LogP) is 3.58. The number of esters is 1. The van der Waals surface area contributed by atoms with Crippen molar-refractivity contribution >= 4 is 35.3 Å². The number of carbonyl (C=O) groups excluding carboxylic acids is 4. The molecule has 7 heteroatoms. The molecule has 0 radical (unpaired) electrons. The van der Waals surface area contributed by atoms with Crippen LogP contribution in [0, 0.1) is 0 Å². The van der Waals surface area contributed by atoms with Gasteiger partial charge < -0.3 is 15.4 Å². The third-order valence-electron chi connectivity index (χ3n) is 4.46. The van der Waals surface area contributed by atoms with E-state index in [9.17, 15) is 19.2 Å². The van der Waals surface area contributed by atoms with Crippen LogP contribution in [0.5, 0.6) is 0 Å². The van der Waals surface area contributed by atoms with E-state index >= 15 is 0 Å². The van der Waals surface area contributed by atoms with Gasteiger partial charge in [-0.15, -0.1) is 0 Å². The molecule has 0 saturated carbocycles. The third kappa shape index (κ3) is 6.73. The zero-order valence-corrected chi connectivity index (χ0v) is 17.9. The summed E-state index contributed by atoms with van der Waals surface area (Å²) in [5.74, 6) is -2.19. The lowest BCUT2D eigenvalue weighted by molar-refractivity contribution is -0.144. The van der Waals surface area contributed by atoms with Crippen LogP contribution >= 0.6 is 0 Å². The summed E-state index contributed by atoms with van der Waals surface area (Å²) >= 11 is 0. The summed E-state index contributed by atoms with van der Waals surface area (Å²) in [5.41, 5.74) is 1.68. The van der Waals surface area contributed by atoms with Crippen molar-refractivity contribution in [1.29, 1.82) is 0 Å². The van der Waals surface area contributed by atoms with Gasteiger partial charge in [-0.2, -0.15) is 0 Å². The molecule has 0 aromatic heterocycles. The maximum atomic E-state index is 12.8. The fourth-order valence-electron chi connectivity index (χ4n) is 2.98. The molecule has 0 aliphatic carbocycles. The van der Waals surface area contributed by atoms with Crippen molar-refractivity contribution in [1.82, 2.24) is 5.32 Å². The SMILES string of the molecule is CC(=O)N/C(=C\c1ccccc1)C(=O)OCC(=O)Nc1ccccc1C(=O)c1ccccc1. The lowest BCUT2D eigenvalue weighted by Crippen LogP contribution is -2.29. The van der Waals surface area contributed by atoms with Crippen molar-refractivity contribution in [2.45, 2.75) is 6.92 Å². The van der Waals surface area contributed by atoms with Crippen molar-refractivity contribution in [2.24, 2.45) is 0 Å². The van der Waals surface area contributed by atoms with Gasteiger partial charge in [-0.25, -0.2) is 4.79 Å². The molecule has 166 valence electrons. The first-order valence-electron chi connectivity index (χ1n) is 10.1. The Morgan fingerprint density at radius 1 is 0.818 bits per heavy atom. The lowest BCUT2D eigenvalue weighted by Gasteiger charge is -2.12. The third-order valence-corrected chi connectivity index (χ3v) is 4.46. The molecule has 0 aliphatic rings. The monoisotopic (exact) mass is 442 g/mol. The van der Waals surface area contributed by atoms with E-state index in [1.165, 1.54) is 13.0 Å². The number of para-hydroxylation sites is 1. The van der Waals surface area contributed by atoms with Gasteiger partial charge in [0.2, 0.25) is 5.91 Å². The Bertz CT molecular complexity index is 1190. The first kappa shape index (κ1) is 23.1. The maximum Gasteiger partial charge on any atom is 0.355 e. The smallest absolute Gasteiger partial charge is 0.355 e. The summed E-state index contributed by atoms with van der Waals surface area (Å²) in [7, 11) is 0. The zero-order valence-electron chi connectivity index (χ0n) is 17.9. The molecule has 3 aromatic rings. The number of amides is 2. The van der Waals surface area contributed by atoms with Crippen LogP contribution in [0.25, 0.3) is 6.08 Å². The first-order chi connectivity index (χ1) is 15.9. The van der Waals surface area contributed by atoms with E-state index in [0.717, 1.165) is 0 Å². The minimum Gasteiger partial charge on any atom is -0.451 e. The minimum absolute atomic E-state index is 0.0962. The van der Waals surface area contributed by atoms with Crippen LogP contribution in [0.15, 0.2) is 90.6 Å². The predicted molar refractivity (Wildman–Crippen MR) is 124 cm³/mol. The topological polar surface area (TPSA) is 102 Å². The van der Waals surface area contributed by atoms with E-state index < -0.39 is 24.4 Å². The van der Waals surface area contributed by atoms with Crippen LogP contribution in [0.3, 0.4) is 0 Å². The number of rotatable bonds is 8. The van der Waals surface area contributed by atoms with Gasteiger partial charge in [0.15, 0.2) is 12.4 Å². The first-order valence-corrected chi connectivity index (χ1v) is 10.1.